The van der Waals surface area contributed by atoms with Crippen LogP contribution in [0.2, 0.25) is 0 Å². The van der Waals surface area contributed by atoms with Gasteiger partial charge < -0.3 is 10.0 Å². The lowest BCUT2D eigenvalue weighted by Crippen LogP contribution is -2.52. The van der Waals surface area contributed by atoms with Crippen molar-refractivity contribution >= 4 is 0 Å². The van der Waals surface area contributed by atoms with E-state index in [0.717, 1.165) is 32.1 Å². The molecule has 1 aliphatic carbocycles. The van der Waals surface area contributed by atoms with Crippen LogP contribution in [0.4, 0.5) is 4.39 Å². The summed E-state index contributed by atoms with van der Waals surface area (Å²) in [6, 6.07) is 17.5. The van der Waals surface area contributed by atoms with E-state index in [1.807, 2.05) is 18.2 Å². The van der Waals surface area contributed by atoms with Crippen molar-refractivity contribution in [3.63, 3.8) is 0 Å². The van der Waals surface area contributed by atoms with Crippen molar-refractivity contribution in [2.24, 2.45) is 0 Å². The van der Waals surface area contributed by atoms with Crippen LogP contribution in [-0.4, -0.2) is 35.2 Å². The zero-order valence-electron chi connectivity index (χ0n) is 15.9. The monoisotopic (exact) mass is 355 g/mol. The highest BCUT2D eigenvalue weighted by atomic mass is 19.1. The van der Waals surface area contributed by atoms with Crippen LogP contribution in [0.3, 0.4) is 0 Å². The van der Waals surface area contributed by atoms with E-state index < -0.39 is 5.60 Å². The van der Waals surface area contributed by atoms with Crippen molar-refractivity contribution in [2.75, 3.05) is 14.1 Å². The van der Waals surface area contributed by atoms with Gasteiger partial charge in [0.2, 0.25) is 0 Å². The first-order chi connectivity index (χ1) is 12.4. The maximum Gasteiger partial charge on any atom is 0.126 e. The molecule has 1 N–H and O–H groups in total. The first kappa shape index (κ1) is 19.1. The van der Waals surface area contributed by atoms with Gasteiger partial charge in [-0.1, -0.05) is 48.5 Å². The van der Waals surface area contributed by atoms with Crippen molar-refractivity contribution in [3.05, 3.63) is 71.5 Å². The summed E-state index contributed by atoms with van der Waals surface area (Å²) >= 11 is 0. The highest BCUT2D eigenvalue weighted by Crippen LogP contribution is 2.41. The Morgan fingerprint density at radius 1 is 0.923 bits per heavy atom. The number of benzene rings is 2. The lowest BCUT2D eigenvalue weighted by molar-refractivity contribution is -0.0491. The molecule has 0 spiro atoms. The lowest BCUT2D eigenvalue weighted by atomic mass is 9.69. The number of hydrogen-bond donors (Lipinski definition) is 1. The Labute approximate surface area is 156 Å². The second-order valence-electron chi connectivity index (χ2n) is 8.10. The number of nitrogens with zero attached hydrogens (tertiary/aromatic N) is 1. The molecule has 1 saturated carbocycles. The number of likely N-dealkylation sites (N-methyl/N-ethyl adjacent to an activating group) is 1. The molecule has 0 aliphatic heterocycles. The Hall–Kier alpha value is -1.71. The van der Waals surface area contributed by atoms with Gasteiger partial charge in [-0.05, 0) is 76.2 Å². The number of halogens is 1. The van der Waals surface area contributed by atoms with Crippen LogP contribution in [-0.2, 0) is 12.8 Å². The average molecular weight is 355 g/mol. The van der Waals surface area contributed by atoms with Crippen molar-refractivity contribution in [3.8, 4) is 0 Å². The second-order valence-corrected chi connectivity index (χ2v) is 8.10. The second kappa shape index (κ2) is 7.89. The molecule has 0 heterocycles. The molecule has 26 heavy (non-hydrogen) atoms. The van der Waals surface area contributed by atoms with Crippen LogP contribution < -0.4 is 0 Å². The first-order valence-electron chi connectivity index (χ1n) is 9.60. The molecule has 2 aromatic rings. The molecule has 0 aromatic heterocycles. The van der Waals surface area contributed by atoms with E-state index in [2.05, 4.69) is 43.3 Å². The van der Waals surface area contributed by atoms with Gasteiger partial charge in [0, 0.05) is 5.54 Å². The minimum absolute atomic E-state index is 0.0889. The van der Waals surface area contributed by atoms with Crippen LogP contribution in [0.15, 0.2) is 54.6 Å². The molecule has 0 saturated heterocycles. The maximum atomic E-state index is 13.9. The van der Waals surface area contributed by atoms with Crippen molar-refractivity contribution in [1.29, 1.82) is 0 Å². The summed E-state index contributed by atoms with van der Waals surface area (Å²) in [6.07, 6.45) is 5.69. The van der Waals surface area contributed by atoms with Crippen molar-refractivity contribution in [2.45, 2.75) is 56.1 Å². The fraction of sp³-hybridized carbons (Fsp3) is 0.478. The smallest absolute Gasteiger partial charge is 0.126 e. The quantitative estimate of drug-likeness (QED) is 0.818. The van der Waals surface area contributed by atoms with E-state index in [4.69, 9.17) is 0 Å². The summed E-state index contributed by atoms with van der Waals surface area (Å²) in [6.45, 7) is 0. The molecule has 0 atom stereocenters. The third-order valence-corrected chi connectivity index (χ3v) is 6.25. The van der Waals surface area contributed by atoms with Crippen LogP contribution in [0.1, 0.15) is 43.2 Å². The van der Waals surface area contributed by atoms with Gasteiger partial charge in [-0.3, -0.25) is 0 Å². The third kappa shape index (κ3) is 4.33. The van der Waals surface area contributed by atoms with E-state index in [0.29, 0.717) is 18.4 Å². The minimum atomic E-state index is -0.682. The fourth-order valence-electron chi connectivity index (χ4n) is 4.26. The molecular weight excluding hydrogens is 325 g/mol. The summed E-state index contributed by atoms with van der Waals surface area (Å²) in [4.78, 5) is 2.33. The van der Waals surface area contributed by atoms with Crippen LogP contribution in [0.25, 0.3) is 0 Å². The molecular formula is C23H30FNO. The van der Waals surface area contributed by atoms with Gasteiger partial charge in [0.1, 0.15) is 5.82 Å². The molecule has 1 fully saturated rings. The van der Waals surface area contributed by atoms with Crippen molar-refractivity contribution < 1.29 is 9.50 Å². The van der Waals surface area contributed by atoms with E-state index in [9.17, 15) is 9.50 Å². The summed E-state index contributed by atoms with van der Waals surface area (Å²) in [5.41, 5.74) is 1.46. The molecule has 3 heteroatoms. The van der Waals surface area contributed by atoms with Gasteiger partial charge in [0.05, 0.1) is 5.60 Å². The summed E-state index contributed by atoms with van der Waals surface area (Å²) < 4.78 is 13.9. The van der Waals surface area contributed by atoms with Crippen LogP contribution >= 0.6 is 0 Å². The minimum Gasteiger partial charge on any atom is -0.390 e. The SMILES string of the molecule is CN(C)C1(Cc2ccccc2)CCC(O)(CCc2ccccc2F)CC1. The normalized spacial score (nSPS) is 26.2. The van der Waals surface area contributed by atoms with E-state index in [-0.39, 0.29) is 11.4 Å². The predicted molar refractivity (Wildman–Crippen MR) is 105 cm³/mol. The topological polar surface area (TPSA) is 23.5 Å². The highest BCUT2D eigenvalue weighted by Gasteiger charge is 2.42. The zero-order chi connectivity index (χ0) is 18.6. The van der Waals surface area contributed by atoms with Gasteiger partial charge in [0.15, 0.2) is 0 Å². The molecule has 0 bridgehead atoms. The number of rotatable bonds is 6. The van der Waals surface area contributed by atoms with Gasteiger partial charge in [-0.2, -0.15) is 0 Å². The highest BCUT2D eigenvalue weighted by molar-refractivity contribution is 5.20. The molecule has 1 aliphatic rings. The number of aryl methyl sites for hydroxylation is 1. The standard InChI is InChI=1S/C23H30FNO/c1-25(2)22(18-19-8-4-3-5-9-19)14-16-23(26,17-15-22)13-12-20-10-6-7-11-21(20)24/h3-11,26H,12-18H2,1-2H3. The van der Waals surface area contributed by atoms with Crippen LogP contribution in [0, 0.1) is 5.82 Å². The Kier molecular flexibility index (Phi) is 5.79. The van der Waals surface area contributed by atoms with E-state index in [1.165, 1.54) is 11.6 Å². The molecule has 0 radical (unpaired) electrons. The van der Waals surface area contributed by atoms with Gasteiger partial charge in [-0.25, -0.2) is 4.39 Å². The van der Waals surface area contributed by atoms with Gasteiger partial charge in [0.25, 0.3) is 0 Å². The van der Waals surface area contributed by atoms with Gasteiger partial charge >= 0.3 is 0 Å². The zero-order valence-corrected chi connectivity index (χ0v) is 15.9. The molecule has 3 rings (SSSR count). The van der Waals surface area contributed by atoms with E-state index >= 15 is 0 Å². The average Bonchev–Trinajstić information content (AvgIpc) is 2.64. The predicted octanol–water partition coefficient (Wildman–Crippen LogP) is 4.61. The molecule has 140 valence electrons. The van der Waals surface area contributed by atoms with E-state index in [1.54, 1.807) is 6.07 Å². The molecule has 0 amide bonds. The number of hydrogen-bond acceptors (Lipinski definition) is 2. The Morgan fingerprint density at radius 2 is 1.54 bits per heavy atom. The molecule has 2 nitrogen and oxygen atoms in total. The van der Waals surface area contributed by atoms with Crippen LogP contribution in [0.5, 0.6) is 0 Å². The largest absolute Gasteiger partial charge is 0.390 e. The Balaban J connectivity index is 1.64. The van der Waals surface area contributed by atoms with Gasteiger partial charge in [-0.15, -0.1) is 0 Å². The Bertz CT molecular complexity index is 705. The Morgan fingerprint density at radius 3 is 2.15 bits per heavy atom. The number of aliphatic hydroxyl groups is 1. The summed E-state index contributed by atoms with van der Waals surface area (Å²) in [5, 5.41) is 11.1. The summed E-state index contributed by atoms with van der Waals surface area (Å²) in [7, 11) is 4.29. The fourth-order valence-corrected chi connectivity index (χ4v) is 4.26. The molecule has 2 aromatic carbocycles. The first-order valence-corrected chi connectivity index (χ1v) is 9.60. The lowest BCUT2D eigenvalue weighted by Gasteiger charge is -2.48. The molecule has 0 unspecified atom stereocenters. The third-order valence-electron chi connectivity index (χ3n) is 6.25. The summed E-state index contributed by atoms with van der Waals surface area (Å²) in [5.74, 6) is -0.168. The maximum absolute atomic E-state index is 13.9. The van der Waals surface area contributed by atoms with Crippen molar-refractivity contribution in [1.82, 2.24) is 4.90 Å².